The number of fused-ring (bicyclic) bond motifs is 1. The van der Waals surface area contributed by atoms with E-state index in [4.69, 9.17) is 9.47 Å². The second-order valence-corrected chi connectivity index (χ2v) is 6.44. The Morgan fingerprint density at radius 3 is 2.74 bits per heavy atom. The minimum atomic E-state index is -0.258. The van der Waals surface area contributed by atoms with Crippen LogP contribution in [0.1, 0.15) is 26.7 Å². The molecule has 0 bridgehead atoms. The highest BCUT2D eigenvalue weighted by Crippen LogP contribution is 2.17. The monoisotopic (exact) mass is 376 g/mol. The van der Waals surface area contributed by atoms with Gasteiger partial charge >= 0.3 is 12.0 Å². The zero-order valence-electron chi connectivity index (χ0n) is 15.9. The molecule has 1 aliphatic rings. The molecule has 1 amide bonds. The minimum absolute atomic E-state index is 0.191. The highest BCUT2D eigenvalue weighted by molar-refractivity contribution is 5.75. The lowest BCUT2D eigenvalue weighted by Gasteiger charge is -2.29. The summed E-state index contributed by atoms with van der Waals surface area (Å²) in [7, 11) is 1.68. The maximum Gasteiger partial charge on any atom is 0.409 e. The van der Waals surface area contributed by atoms with E-state index in [0.29, 0.717) is 43.6 Å². The average Bonchev–Trinajstić information content (AvgIpc) is 2.67. The van der Waals surface area contributed by atoms with Crippen molar-refractivity contribution in [1.29, 1.82) is 0 Å². The highest BCUT2D eigenvalue weighted by atomic mass is 16.6. The molecule has 3 heterocycles. The Kier molecular flexibility index (Phi) is 5.78. The van der Waals surface area contributed by atoms with Gasteiger partial charge in [-0.25, -0.2) is 9.78 Å². The fourth-order valence-corrected chi connectivity index (χ4v) is 3.20. The lowest BCUT2D eigenvalue weighted by atomic mass is 10.1. The lowest BCUT2D eigenvalue weighted by molar-refractivity contribution is -0.363. The molecule has 3 rings (SSSR count). The van der Waals surface area contributed by atoms with Gasteiger partial charge in [0, 0.05) is 26.2 Å². The Bertz CT molecular complexity index is 874. The largest absolute Gasteiger partial charge is 0.488 e. The molecule has 0 aromatic carbocycles. The summed E-state index contributed by atoms with van der Waals surface area (Å²) in [5, 5.41) is 4.15. The van der Waals surface area contributed by atoms with Gasteiger partial charge in [-0.1, -0.05) is 4.98 Å². The number of H-pyrrole nitrogens is 1. The van der Waals surface area contributed by atoms with Crippen molar-refractivity contribution in [2.45, 2.75) is 32.7 Å². The number of anilines is 1. The number of amides is 1. The molecule has 1 fully saturated rings. The van der Waals surface area contributed by atoms with E-state index in [-0.39, 0.29) is 17.7 Å². The molecule has 1 saturated heterocycles. The van der Waals surface area contributed by atoms with Crippen LogP contribution in [0.4, 0.5) is 10.7 Å². The van der Waals surface area contributed by atoms with Crippen LogP contribution in [0, 0.1) is 0 Å². The second-order valence-electron chi connectivity index (χ2n) is 6.44. The van der Waals surface area contributed by atoms with Crippen LogP contribution in [-0.4, -0.2) is 52.9 Å². The third-order valence-corrected chi connectivity index (χ3v) is 4.62. The van der Waals surface area contributed by atoms with E-state index in [1.165, 1.54) is 4.57 Å². The summed E-state index contributed by atoms with van der Waals surface area (Å²) < 4.78 is 11.9. The molecule has 0 atom stereocenters. The first-order chi connectivity index (χ1) is 13.0. The number of nitrogens with zero attached hydrogens (tertiary/aromatic N) is 3. The molecule has 146 valence electrons. The van der Waals surface area contributed by atoms with Crippen LogP contribution in [0.15, 0.2) is 17.1 Å². The summed E-state index contributed by atoms with van der Waals surface area (Å²) in [5.74, 6) is 0.908. The number of ether oxygens (including phenoxy) is 2. The van der Waals surface area contributed by atoms with Gasteiger partial charge in [-0.05, 0) is 26.7 Å². The van der Waals surface area contributed by atoms with Gasteiger partial charge in [-0.15, -0.1) is 0 Å². The predicted molar refractivity (Wildman–Crippen MR) is 99.9 cm³/mol. The summed E-state index contributed by atoms with van der Waals surface area (Å²) in [6.07, 6.45) is 3.15. The number of pyridine rings is 1. The molecular formula is C18H26N5O4+. The minimum Gasteiger partial charge on any atom is -0.488 e. The number of carbonyl (C=O) groups excluding carboxylic acids is 1. The topological polar surface area (TPSA) is 99.8 Å². The van der Waals surface area contributed by atoms with E-state index in [1.54, 1.807) is 31.1 Å². The number of likely N-dealkylation sites (tertiary alicyclic amines) is 1. The van der Waals surface area contributed by atoms with Gasteiger partial charge in [-0.2, -0.15) is 0 Å². The summed E-state index contributed by atoms with van der Waals surface area (Å²) >= 11 is 0. The zero-order valence-corrected chi connectivity index (χ0v) is 15.9. The standard InChI is InChI=1S/C18H25N5O4/c1-4-26-14-10-12-11-19-17(21-15(12)22(3)16(14)24)20-13-6-8-23(9-7-13)18(25)27-5-2/h10-11,13H,4-9H2,1-3H3,(H,19,20,21)/p+1. The van der Waals surface area contributed by atoms with Gasteiger partial charge in [0.05, 0.1) is 30.8 Å². The first-order valence-corrected chi connectivity index (χ1v) is 9.27. The quantitative estimate of drug-likeness (QED) is 0.841. The zero-order chi connectivity index (χ0) is 19.4. The Balaban J connectivity index is 1.71. The van der Waals surface area contributed by atoms with E-state index in [1.807, 2.05) is 6.92 Å². The maximum absolute atomic E-state index is 12.3. The molecule has 0 radical (unpaired) electrons. The predicted octanol–water partition coefficient (Wildman–Crippen LogP) is 1.18. The molecule has 0 spiro atoms. The molecule has 9 nitrogen and oxygen atoms in total. The third kappa shape index (κ3) is 4.12. The highest BCUT2D eigenvalue weighted by Gasteiger charge is 2.26. The molecule has 1 aliphatic heterocycles. The number of piperidine rings is 1. The molecule has 0 aliphatic carbocycles. The van der Waals surface area contributed by atoms with E-state index in [2.05, 4.69) is 15.3 Å². The summed E-state index contributed by atoms with van der Waals surface area (Å²) in [4.78, 5) is 33.5. The molecular weight excluding hydrogens is 350 g/mol. The lowest BCUT2D eigenvalue weighted by Crippen LogP contribution is -2.43. The summed E-state index contributed by atoms with van der Waals surface area (Å²) in [6, 6.07) is 1.89. The van der Waals surface area contributed by atoms with Crippen LogP contribution in [0.3, 0.4) is 0 Å². The number of hydrogen-bond donors (Lipinski definition) is 1. The Morgan fingerprint density at radius 1 is 1.33 bits per heavy atom. The van der Waals surface area contributed by atoms with Crippen molar-refractivity contribution in [3.05, 3.63) is 22.6 Å². The van der Waals surface area contributed by atoms with Gasteiger partial charge < -0.3 is 14.4 Å². The SMILES string of the molecule is CCOC(=O)N1CCC(Nc2nc3c(c[nH+]2)cc(OCC)c(=O)n3C)CC1. The summed E-state index contributed by atoms with van der Waals surface area (Å²) in [6.45, 7) is 5.74. The Hall–Kier alpha value is -2.84. The molecule has 2 aromatic heterocycles. The van der Waals surface area contributed by atoms with Crippen LogP contribution >= 0.6 is 0 Å². The normalized spacial score (nSPS) is 15.0. The van der Waals surface area contributed by atoms with Crippen LogP contribution in [0.2, 0.25) is 0 Å². The van der Waals surface area contributed by atoms with Crippen molar-refractivity contribution < 1.29 is 19.3 Å². The van der Waals surface area contributed by atoms with Crippen molar-refractivity contribution in [3.8, 4) is 5.75 Å². The van der Waals surface area contributed by atoms with Gasteiger partial charge in [0.25, 0.3) is 5.56 Å². The van der Waals surface area contributed by atoms with E-state index >= 15 is 0 Å². The number of nitrogens with one attached hydrogen (secondary N) is 2. The van der Waals surface area contributed by atoms with Gasteiger partial charge in [0.2, 0.25) is 5.65 Å². The molecule has 9 heteroatoms. The first-order valence-electron chi connectivity index (χ1n) is 9.27. The Morgan fingerprint density at radius 2 is 2.07 bits per heavy atom. The number of carbonyl (C=O) groups is 1. The first kappa shape index (κ1) is 18.9. The molecule has 27 heavy (non-hydrogen) atoms. The summed E-state index contributed by atoms with van der Waals surface area (Å²) in [5.41, 5.74) is 0.366. The fourth-order valence-electron chi connectivity index (χ4n) is 3.20. The average molecular weight is 376 g/mol. The van der Waals surface area contributed by atoms with Crippen molar-refractivity contribution in [2.24, 2.45) is 7.05 Å². The number of aromatic amines is 1. The number of rotatable bonds is 5. The number of aryl methyl sites for hydroxylation is 1. The number of aromatic nitrogens is 3. The van der Waals surface area contributed by atoms with Crippen LogP contribution in [0.5, 0.6) is 5.75 Å². The van der Waals surface area contributed by atoms with Crippen LogP contribution in [-0.2, 0) is 11.8 Å². The van der Waals surface area contributed by atoms with Crippen molar-refractivity contribution in [2.75, 3.05) is 31.6 Å². The fraction of sp³-hybridized carbons (Fsp3) is 0.556. The van der Waals surface area contributed by atoms with Gasteiger partial charge in [0.15, 0.2) is 5.75 Å². The molecule has 0 saturated carbocycles. The van der Waals surface area contributed by atoms with Crippen molar-refractivity contribution in [1.82, 2.24) is 14.5 Å². The van der Waals surface area contributed by atoms with Crippen molar-refractivity contribution >= 4 is 23.1 Å². The third-order valence-electron chi connectivity index (χ3n) is 4.62. The maximum atomic E-state index is 12.3. The van der Waals surface area contributed by atoms with Crippen LogP contribution in [0.25, 0.3) is 11.0 Å². The van der Waals surface area contributed by atoms with E-state index < -0.39 is 0 Å². The second kappa shape index (κ2) is 8.24. The molecule has 2 N–H and O–H groups in total. The number of hydrogen-bond acceptors (Lipinski definition) is 6. The van der Waals surface area contributed by atoms with Gasteiger partial charge in [0.1, 0.15) is 0 Å². The van der Waals surface area contributed by atoms with Crippen LogP contribution < -0.4 is 20.6 Å². The van der Waals surface area contributed by atoms with E-state index in [0.717, 1.165) is 18.2 Å². The molecule has 2 aromatic rings. The van der Waals surface area contributed by atoms with Crippen molar-refractivity contribution in [3.63, 3.8) is 0 Å². The Labute approximate surface area is 157 Å². The molecule has 0 unspecified atom stereocenters. The smallest absolute Gasteiger partial charge is 0.409 e. The van der Waals surface area contributed by atoms with E-state index in [9.17, 15) is 9.59 Å². The van der Waals surface area contributed by atoms with Gasteiger partial charge in [-0.3, -0.25) is 14.7 Å².